The van der Waals surface area contributed by atoms with Crippen LogP contribution in [0.4, 0.5) is 5.69 Å². The lowest BCUT2D eigenvalue weighted by Crippen LogP contribution is -2.47. The fraction of sp³-hybridized carbons (Fsp3) is 0.385. The summed E-state index contributed by atoms with van der Waals surface area (Å²) in [4.78, 5) is 23.7. The second-order valence-electron chi connectivity index (χ2n) is 4.19. The molecule has 98 valence electrons. The molecule has 0 saturated heterocycles. The Hall–Kier alpha value is -1.88. The normalized spacial score (nSPS) is 13.7. The number of ether oxygens (including phenoxy) is 1. The summed E-state index contributed by atoms with van der Waals surface area (Å²) in [6.45, 7) is 3.45. The Labute approximate surface area is 106 Å². The Morgan fingerprint density at radius 1 is 1.33 bits per heavy atom. The van der Waals surface area contributed by atoms with Gasteiger partial charge in [-0.1, -0.05) is 6.92 Å². The average Bonchev–Trinajstić information content (AvgIpc) is 2.38. The third-order valence-corrected chi connectivity index (χ3v) is 3.01. The van der Waals surface area contributed by atoms with E-state index in [1.807, 2.05) is 6.92 Å². The lowest BCUT2D eigenvalue weighted by Gasteiger charge is -2.24. The van der Waals surface area contributed by atoms with E-state index in [-0.39, 0.29) is 0 Å². The van der Waals surface area contributed by atoms with Crippen molar-refractivity contribution in [1.29, 1.82) is 0 Å². The number of carbonyl (C=O) groups is 2. The fourth-order valence-corrected chi connectivity index (χ4v) is 1.34. The van der Waals surface area contributed by atoms with Crippen LogP contribution in [0.25, 0.3) is 0 Å². The van der Waals surface area contributed by atoms with Gasteiger partial charge in [0, 0.05) is 18.4 Å². The van der Waals surface area contributed by atoms with Crippen molar-refractivity contribution in [2.45, 2.75) is 25.9 Å². The number of nitrogen functional groups attached to an aromatic ring is 1. The molecule has 3 N–H and O–H groups in total. The zero-order valence-electron chi connectivity index (χ0n) is 10.8. The predicted octanol–water partition coefficient (Wildman–Crippen LogP) is 1.34. The zero-order valence-corrected chi connectivity index (χ0v) is 10.8. The first-order chi connectivity index (χ1) is 8.42. The molecular weight excluding hydrogens is 232 g/mol. The van der Waals surface area contributed by atoms with Gasteiger partial charge in [0.05, 0.1) is 0 Å². The molecule has 5 heteroatoms. The van der Waals surface area contributed by atoms with Crippen LogP contribution in [0, 0.1) is 0 Å². The number of amides is 2. The van der Waals surface area contributed by atoms with Crippen LogP contribution in [-0.2, 0) is 9.53 Å². The largest absolute Gasteiger partial charge is 0.399 e. The van der Waals surface area contributed by atoms with Gasteiger partial charge in [-0.3, -0.25) is 14.9 Å². The van der Waals surface area contributed by atoms with Gasteiger partial charge in [0.25, 0.3) is 11.8 Å². The van der Waals surface area contributed by atoms with Gasteiger partial charge in [0.15, 0.2) is 0 Å². The average molecular weight is 250 g/mol. The summed E-state index contributed by atoms with van der Waals surface area (Å²) in [6, 6.07) is 6.34. The summed E-state index contributed by atoms with van der Waals surface area (Å²) in [5.41, 5.74) is 5.47. The smallest absolute Gasteiger partial charge is 0.258 e. The van der Waals surface area contributed by atoms with E-state index in [0.717, 1.165) is 0 Å². The standard InChI is InChI=1S/C13H18N2O3/c1-4-13(2,18-3)12(17)15-11(16)9-5-7-10(14)8-6-9/h5-8H,4,14H2,1-3H3,(H,15,16,17). The van der Waals surface area contributed by atoms with Gasteiger partial charge in [-0.05, 0) is 37.6 Å². The first-order valence-electron chi connectivity index (χ1n) is 5.69. The molecule has 0 aliphatic carbocycles. The monoisotopic (exact) mass is 250 g/mol. The maximum Gasteiger partial charge on any atom is 0.258 e. The number of methoxy groups -OCH3 is 1. The molecule has 2 amide bonds. The number of imide groups is 1. The predicted molar refractivity (Wildman–Crippen MR) is 69.0 cm³/mol. The van der Waals surface area contributed by atoms with Crippen molar-refractivity contribution in [3.05, 3.63) is 29.8 Å². The molecule has 18 heavy (non-hydrogen) atoms. The van der Waals surface area contributed by atoms with Crippen molar-refractivity contribution >= 4 is 17.5 Å². The lowest BCUT2D eigenvalue weighted by molar-refractivity contribution is -0.140. The molecule has 0 fully saturated rings. The van der Waals surface area contributed by atoms with E-state index in [1.54, 1.807) is 31.2 Å². The number of carbonyl (C=O) groups excluding carboxylic acids is 2. The van der Waals surface area contributed by atoms with E-state index in [9.17, 15) is 9.59 Å². The number of hydrogen-bond acceptors (Lipinski definition) is 4. The maximum atomic E-state index is 11.9. The van der Waals surface area contributed by atoms with E-state index >= 15 is 0 Å². The quantitative estimate of drug-likeness (QED) is 0.790. The van der Waals surface area contributed by atoms with Gasteiger partial charge in [-0.15, -0.1) is 0 Å². The highest BCUT2D eigenvalue weighted by Gasteiger charge is 2.32. The van der Waals surface area contributed by atoms with E-state index in [4.69, 9.17) is 10.5 Å². The number of nitrogens with two attached hydrogens (primary N) is 1. The zero-order chi connectivity index (χ0) is 13.8. The molecule has 5 nitrogen and oxygen atoms in total. The minimum Gasteiger partial charge on any atom is -0.399 e. The van der Waals surface area contributed by atoms with Gasteiger partial charge in [0.2, 0.25) is 0 Å². The minimum atomic E-state index is -0.997. The Morgan fingerprint density at radius 2 is 1.89 bits per heavy atom. The second kappa shape index (κ2) is 5.64. The van der Waals surface area contributed by atoms with Crippen molar-refractivity contribution in [2.24, 2.45) is 0 Å². The summed E-state index contributed by atoms with van der Waals surface area (Å²) in [5, 5.41) is 2.31. The van der Waals surface area contributed by atoms with E-state index < -0.39 is 17.4 Å². The van der Waals surface area contributed by atoms with Crippen molar-refractivity contribution in [3.63, 3.8) is 0 Å². The Kier molecular flexibility index (Phi) is 4.44. The number of rotatable bonds is 4. The molecule has 0 radical (unpaired) electrons. The topological polar surface area (TPSA) is 81.4 Å². The van der Waals surface area contributed by atoms with Crippen LogP contribution in [0.3, 0.4) is 0 Å². The molecular formula is C13H18N2O3. The highest BCUT2D eigenvalue weighted by Crippen LogP contribution is 2.14. The lowest BCUT2D eigenvalue weighted by atomic mass is 10.0. The van der Waals surface area contributed by atoms with Crippen molar-refractivity contribution in [1.82, 2.24) is 5.32 Å². The molecule has 0 aliphatic rings. The third-order valence-electron chi connectivity index (χ3n) is 3.01. The second-order valence-corrected chi connectivity index (χ2v) is 4.19. The van der Waals surface area contributed by atoms with Gasteiger partial charge in [-0.2, -0.15) is 0 Å². The van der Waals surface area contributed by atoms with Crippen molar-refractivity contribution in [3.8, 4) is 0 Å². The van der Waals surface area contributed by atoms with Crippen LogP contribution in [0.15, 0.2) is 24.3 Å². The van der Waals surface area contributed by atoms with E-state index in [1.165, 1.54) is 7.11 Å². The van der Waals surface area contributed by atoms with Crippen molar-refractivity contribution in [2.75, 3.05) is 12.8 Å². The minimum absolute atomic E-state index is 0.382. The molecule has 1 aromatic carbocycles. The molecule has 1 unspecified atom stereocenters. The fourth-order valence-electron chi connectivity index (χ4n) is 1.34. The van der Waals surface area contributed by atoms with Gasteiger partial charge in [0.1, 0.15) is 5.60 Å². The number of hydrogen-bond donors (Lipinski definition) is 2. The first kappa shape index (κ1) is 14.2. The Bertz CT molecular complexity index is 436. The van der Waals surface area contributed by atoms with Crippen LogP contribution in [0.5, 0.6) is 0 Å². The van der Waals surface area contributed by atoms with Crippen LogP contribution in [-0.4, -0.2) is 24.5 Å². The highest BCUT2D eigenvalue weighted by molar-refractivity contribution is 6.07. The van der Waals surface area contributed by atoms with Crippen molar-refractivity contribution < 1.29 is 14.3 Å². The molecule has 0 aromatic heterocycles. The molecule has 0 heterocycles. The van der Waals surface area contributed by atoms with Crippen LogP contribution in [0.2, 0.25) is 0 Å². The Morgan fingerprint density at radius 3 is 2.33 bits per heavy atom. The third kappa shape index (κ3) is 3.07. The number of anilines is 1. The Balaban J connectivity index is 2.76. The van der Waals surface area contributed by atoms with E-state index in [0.29, 0.717) is 17.7 Å². The summed E-state index contributed by atoms with van der Waals surface area (Å²) in [7, 11) is 1.44. The highest BCUT2D eigenvalue weighted by atomic mass is 16.5. The number of nitrogens with one attached hydrogen (secondary N) is 1. The summed E-state index contributed by atoms with van der Waals surface area (Å²) in [6.07, 6.45) is 0.477. The summed E-state index contributed by atoms with van der Waals surface area (Å²) < 4.78 is 5.12. The first-order valence-corrected chi connectivity index (χ1v) is 5.69. The molecule has 1 aromatic rings. The number of benzene rings is 1. The SMILES string of the molecule is CCC(C)(OC)C(=O)NC(=O)c1ccc(N)cc1. The molecule has 0 saturated carbocycles. The van der Waals surface area contributed by atoms with Gasteiger partial charge in [-0.25, -0.2) is 0 Å². The van der Waals surface area contributed by atoms with Gasteiger partial charge < -0.3 is 10.5 Å². The summed E-state index contributed by atoms with van der Waals surface area (Å²) in [5.74, 6) is -0.911. The maximum absolute atomic E-state index is 11.9. The summed E-state index contributed by atoms with van der Waals surface area (Å²) >= 11 is 0. The van der Waals surface area contributed by atoms with Crippen LogP contribution in [0.1, 0.15) is 30.6 Å². The molecule has 0 aliphatic heterocycles. The van der Waals surface area contributed by atoms with E-state index in [2.05, 4.69) is 5.32 Å². The molecule has 1 atom stereocenters. The molecule has 0 bridgehead atoms. The van der Waals surface area contributed by atoms with Gasteiger partial charge >= 0.3 is 0 Å². The molecule has 0 spiro atoms. The van der Waals surface area contributed by atoms with Crippen LogP contribution < -0.4 is 11.1 Å². The van der Waals surface area contributed by atoms with Crippen LogP contribution >= 0.6 is 0 Å². The molecule has 1 rings (SSSR count).